The van der Waals surface area contributed by atoms with Crippen LogP contribution in [0.4, 0.5) is 0 Å². The van der Waals surface area contributed by atoms with Gasteiger partial charge in [-0.3, -0.25) is 4.79 Å². The molecule has 0 saturated heterocycles. The Hall–Kier alpha value is -1.31. The van der Waals surface area contributed by atoms with Gasteiger partial charge in [-0.1, -0.05) is 29.4 Å². The van der Waals surface area contributed by atoms with Gasteiger partial charge >= 0.3 is 5.97 Å². The van der Waals surface area contributed by atoms with Crippen LogP contribution in [0, 0.1) is 11.3 Å². The number of carbonyl (C=O) groups is 1. The van der Waals surface area contributed by atoms with E-state index in [2.05, 4.69) is 18.7 Å². The minimum atomic E-state index is -0.491. The highest BCUT2D eigenvalue weighted by Crippen LogP contribution is 2.48. The van der Waals surface area contributed by atoms with E-state index in [0.717, 1.165) is 18.4 Å². The Labute approximate surface area is 110 Å². The predicted molar refractivity (Wildman–Crippen MR) is 75.2 cm³/mol. The van der Waals surface area contributed by atoms with E-state index in [-0.39, 0.29) is 11.9 Å². The third-order valence-corrected chi connectivity index (χ3v) is 3.48. The molecule has 2 atom stereocenters. The second kappa shape index (κ2) is 6.03. The molecule has 100 valence electrons. The summed E-state index contributed by atoms with van der Waals surface area (Å²) in [5.74, 6) is 0.185. The standard InChI is InChI=1S/C16H24O2/c1-6-13-10-16(9-12(4)5,11-14(13)7-2)15(17)18-8-3/h6-7,9,13H,1,8,10-11H2,2-5H3/b14-7+/t13?,16-/m0/s1. The number of esters is 1. The molecule has 0 radical (unpaired) electrons. The third-order valence-electron chi connectivity index (χ3n) is 3.48. The highest BCUT2D eigenvalue weighted by Gasteiger charge is 2.46. The molecule has 0 heterocycles. The number of hydrogen-bond donors (Lipinski definition) is 0. The maximum atomic E-state index is 12.3. The lowest BCUT2D eigenvalue weighted by Crippen LogP contribution is -2.29. The van der Waals surface area contributed by atoms with Gasteiger partial charge in [0.15, 0.2) is 0 Å². The Balaban J connectivity index is 3.13. The predicted octanol–water partition coefficient (Wildman–Crippen LogP) is 4.04. The molecule has 0 spiro atoms. The van der Waals surface area contributed by atoms with Gasteiger partial charge in [-0.05, 0) is 46.5 Å². The molecule has 0 amide bonds. The van der Waals surface area contributed by atoms with Crippen molar-refractivity contribution in [2.75, 3.05) is 6.61 Å². The molecular formula is C16H24O2. The molecule has 0 aliphatic heterocycles. The molecule has 18 heavy (non-hydrogen) atoms. The van der Waals surface area contributed by atoms with E-state index in [0.29, 0.717) is 6.61 Å². The fourth-order valence-electron chi connectivity index (χ4n) is 2.79. The zero-order valence-electron chi connectivity index (χ0n) is 12.0. The van der Waals surface area contributed by atoms with E-state index in [1.165, 1.54) is 5.57 Å². The first-order chi connectivity index (χ1) is 8.49. The van der Waals surface area contributed by atoms with Crippen LogP contribution in [0.2, 0.25) is 0 Å². The largest absolute Gasteiger partial charge is 0.465 e. The van der Waals surface area contributed by atoms with Gasteiger partial charge in [0.1, 0.15) is 0 Å². The Morgan fingerprint density at radius 2 is 2.22 bits per heavy atom. The maximum absolute atomic E-state index is 12.3. The van der Waals surface area contributed by atoms with Crippen LogP contribution in [-0.4, -0.2) is 12.6 Å². The summed E-state index contributed by atoms with van der Waals surface area (Å²) in [4.78, 5) is 12.3. The van der Waals surface area contributed by atoms with Crippen LogP contribution < -0.4 is 0 Å². The van der Waals surface area contributed by atoms with Gasteiger partial charge < -0.3 is 4.74 Å². The van der Waals surface area contributed by atoms with Crippen molar-refractivity contribution in [3.05, 3.63) is 36.0 Å². The van der Waals surface area contributed by atoms with Gasteiger partial charge in [0.2, 0.25) is 0 Å². The summed E-state index contributed by atoms with van der Waals surface area (Å²) in [6, 6.07) is 0. The number of carbonyl (C=O) groups excluding carboxylic acids is 1. The van der Waals surface area contributed by atoms with E-state index < -0.39 is 5.41 Å². The Kier molecular flexibility index (Phi) is 4.94. The molecule has 0 aromatic carbocycles. The molecule has 1 unspecified atom stereocenters. The zero-order chi connectivity index (χ0) is 13.8. The monoisotopic (exact) mass is 248 g/mol. The highest BCUT2D eigenvalue weighted by molar-refractivity contribution is 5.80. The second-order valence-electron chi connectivity index (χ2n) is 5.18. The average Bonchev–Trinajstić information content (AvgIpc) is 2.68. The lowest BCUT2D eigenvalue weighted by atomic mass is 9.83. The van der Waals surface area contributed by atoms with Crippen LogP contribution in [0.15, 0.2) is 36.0 Å². The van der Waals surface area contributed by atoms with Gasteiger partial charge in [-0.2, -0.15) is 0 Å². The van der Waals surface area contributed by atoms with Crippen molar-refractivity contribution in [3.8, 4) is 0 Å². The number of rotatable bonds is 4. The summed E-state index contributed by atoms with van der Waals surface area (Å²) in [6.45, 7) is 12.2. The SMILES string of the molecule is C=CC1C[C@](C=C(C)C)(C(=O)OCC)C/C1=C\C. The van der Waals surface area contributed by atoms with Crippen LogP contribution in [0.25, 0.3) is 0 Å². The Morgan fingerprint density at radius 3 is 2.61 bits per heavy atom. The van der Waals surface area contributed by atoms with Crippen LogP contribution in [0.5, 0.6) is 0 Å². The molecule has 1 saturated carbocycles. The average molecular weight is 248 g/mol. The third kappa shape index (κ3) is 2.92. The fourth-order valence-corrected chi connectivity index (χ4v) is 2.79. The summed E-state index contributed by atoms with van der Waals surface area (Å²) < 4.78 is 5.27. The Bertz CT molecular complexity index is 386. The molecule has 1 aliphatic carbocycles. The molecule has 1 rings (SSSR count). The van der Waals surface area contributed by atoms with Crippen molar-refractivity contribution in [1.82, 2.24) is 0 Å². The fraction of sp³-hybridized carbons (Fsp3) is 0.562. The first kappa shape index (κ1) is 14.7. The minimum Gasteiger partial charge on any atom is -0.465 e. The van der Waals surface area contributed by atoms with Crippen molar-refractivity contribution < 1.29 is 9.53 Å². The summed E-state index contributed by atoms with van der Waals surface area (Å²) in [6.07, 6.45) is 7.64. The lowest BCUT2D eigenvalue weighted by Gasteiger charge is -2.23. The van der Waals surface area contributed by atoms with Gasteiger partial charge in [0.25, 0.3) is 0 Å². The smallest absolute Gasteiger partial charge is 0.316 e. The molecule has 1 aliphatic rings. The summed E-state index contributed by atoms with van der Waals surface area (Å²) in [5.41, 5.74) is 1.95. The lowest BCUT2D eigenvalue weighted by molar-refractivity contribution is -0.152. The molecular weight excluding hydrogens is 224 g/mol. The van der Waals surface area contributed by atoms with Gasteiger partial charge in [-0.15, -0.1) is 6.58 Å². The van der Waals surface area contributed by atoms with Crippen LogP contribution in [-0.2, 0) is 9.53 Å². The molecule has 0 bridgehead atoms. The summed E-state index contributed by atoms with van der Waals surface area (Å²) >= 11 is 0. The van der Waals surface area contributed by atoms with Crippen LogP contribution in [0.1, 0.15) is 40.5 Å². The molecule has 2 nitrogen and oxygen atoms in total. The van der Waals surface area contributed by atoms with Crippen molar-refractivity contribution in [2.24, 2.45) is 11.3 Å². The van der Waals surface area contributed by atoms with Crippen molar-refractivity contribution in [1.29, 1.82) is 0 Å². The minimum absolute atomic E-state index is 0.102. The zero-order valence-corrected chi connectivity index (χ0v) is 12.0. The number of allylic oxidation sites excluding steroid dienone is 4. The maximum Gasteiger partial charge on any atom is 0.316 e. The highest BCUT2D eigenvalue weighted by atomic mass is 16.5. The van der Waals surface area contributed by atoms with Crippen molar-refractivity contribution in [2.45, 2.75) is 40.5 Å². The van der Waals surface area contributed by atoms with Crippen LogP contribution in [0.3, 0.4) is 0 Å². The second-order valence-corrected chi connectivity index (χ2v) is 5.18. The molecule has 2 heteroatoms. The molecule has 1 fully saturated rings. The van der Waals surface area contributed by atoms with Gasteiger partial charge in [0.05, 0.1) is 12.0 Å². The molecule has 0 aromatic rings. The number of ether oxygens (including phenoxy) is 1. The number of hydrogen-bond acceptors (Lipinski definition) is 2. The van der Waals surface area contributed by atoms with Crippen LogP contribution >= 0.6 is 0 Å². The topological polar surface area (TPSA) is 26.3 Å². The quantitative estimate of drug-likeness (QED) is 0.554. The van der Waals surface area contributed by atoms with E-state index in [1.54, 1.807) is 0 Å². The van der Waals surface area contributed by atoms with Gasteiger partial charge in [0, 0.05) is 0 Å². The molecule has 0 N–H and O–H groups in total. The van der Waals surface area contributed by atoms with Crippen molar-refractivity contribution in [3.63, 3.8) is 0 Å². The van der Waals surface area contributed by atoms with E-state index >= 15 is 0 Å². The Morgan fingerprint density at radius 1 is 1.56 bits per heavy atom. The summed E-state index contributed by atoms with van der Waals surface area (Å²) in [7, 11) is 0. The van der Waals surface area contributed by atoms with E-state index in [9.17, 15) is 4.79 Å². The first-order valence-corrected chi connectivity index (χ1v) is 6.60. The molecule has 0 aromatic heterocycles. The summed E-state index contributed by atoms with van der Waals surface area (Å²) in [5, 5.41) is 0. The van der Waals surface area contributed by atoms with Crippen molar-refractivity contribution >= 4 is 5.97 Å². The normalized spacial score (nSPS) is 29.1. The van der Waals surface area contributed by atoms with E-state index in [1.807, 2.05) is 33.8 Å². The van der Waals surface area contributed by atoms with E-state index in [4.69, 9.17) is 4.74 Å². The first-order valence-electron chi connectivity index (χ1n) is 6.60. The van der Waals surface area contributed by atoms with Gasteiger partial charge in [-0.25, -0.2) is 0 Å².